The fraction of sp³-hybridized carbons (Fsp3) is 0.250. The zero-order valence-electron chi connectivity index (χ0n) is 11.0. The predicted molar refractivity (Wildman–Crippen MR) is 80.8 cm³/mol. The van der Waals surface area contributed by atoms with Crippen molar-refractivity contribution >= 4 is 11.6 Å². The molecular formula is C16H18ClNO. The zero-order chi connectivity index (χ0) is 13.7. The largest absolute Gasteiger partial charge is 0.493 e. The lowest BCUT2D eigenvalue weighted by molar-refractivity contribution is 0.289. The minimum Gasteiger partial charge on any atom is -0.493 e. The van der Waals surface area contributed by atoms with E-state index in [1.54, 1.807) is 0 Å². The molecule has 1 aliphatic heterocycles. The minimum atomic E-state index is 0.773. The third-order valence-corrected chi connectivity index (χ3v) is 3.43. The Balaban J connectivity index is 0.000000637. The van der Waals surface area contributed by atoms with Crippen molar-refractivity contribution < 1.29 is 4.74 Å². The molecule has 0 atom stereocenters. The van der Waals surface area contributed by atoms with Gasteiger partial charge in [0.2, 0.25) is 0 Å². The molecule has 19 heavy (non-hydrogen) atoms. The second-order valence-corrected chi connectivity index (χ2v) is 4.63. The topological polar surface area (TPSA) is 35.2 Å². The van der Waals surface area contributed by atoms with Crippen LogP contribution in [-0.4, -0.2) is 13.7 Å². The number of hydrogen-bond acceptors (Lipinski definition) is 2. The van der Waals surface area contributed by atoms with Gasteiger partial charge >= 0.3 is 0 Å². The van der Waals surface area contributed by atoms with Gasteiger partial charge in [0.1, 0.15) is 5.75 Å². The van der Waals surface area contributed by atoms with Gasteiger partial charge in [-0.05, 0) is 31.5 Å². The Hall–Kier alpha value is -1.51. The molecule has 0 radical (unpaired) electrons. The van der Waals surface area contributed by atoms with E-state index >= 15 is 0 Å². The van der Waals surface area contributed by atoms with E-state index < -0.39 is 0 Å². The number of hydrogen-bond donors (Lipinski definition) is 1. The molecular weight excluding hydrogens is 258 g/mol. The predicted octanol–water partition coefficient (Wildman–Crippen LogP) is 3.91. The van der Waals surface area contributed by atoms with E-state index in [0.717, 1.165) is 41.3 Å². The van der Waals surface area contributed by atoms with Gasteiger partial charge in [0.15, 0.2) is 0 Å². The number of aryl methyl sites for hydroxylation is 1. The molecule has 0 aromatic heterocycles. The first-order valence-corrected chi connectivity index (χ1v) is 6.81. The average molecular weight is 276 g/mol. The normalized spacial score (nSPS) is 12.8. The molecule has 2 aromatic carbocycles. The monoisotopic (exact) mass is 275 g/mol. The minimum absolute atomic E-state index is 0.773. The van der Waals surface area contributed by atoms with Crippen LogP contribution in [0.5, 0.6) is 5.75 Å². The maximum atomic E-state index is 6.25. The maximum absolute atomic E-state index is 6.25. The van der Waals surface area contributed by atoms with E-state index in [1.165, 1.54) is 12.6 Å². The Bertz CT molecular complexity index is 554. The molecule has 2 nitrogen and oxygen atoms in total. The van der Waals surface area contributed by atoms with Crippen molar-refractivity contribution in [3.8, 4) is 16.9 Å². The SMILES string of the molecule is CN.Clc1ccccc1-c1cccc2c1OCCC2. The van der Waals surface area contributed by atoms with Crippen LogP contribution in [0.1, 0.15) is 12.0 Å². The highest BCUT2D eigenvalue weighted by Gasteiger charge is 2.16. The highest BCUT2D eigenvalue weighted by Crippen LogP contribution is 2.38. The standard InChI is InChI=1S/C15H13ClO.CH5N/c16-14-9-2-1-7-12(14)13-8-3-5-11-6-4-10-17-15(11)13;1-2/h1-3,5,7-9H,4,6,10H2;2H2,1H3. The van der Waals surface area contributed by atoms with Crippen LogP contribution in [0.3, 0.4) is 0 Å². The molecule has 0 saturated heterocycles. The number of nitrogens with two attached hydrogens (primary N) is 1. The van der Waals surface area contributed by atoms with Crippen LogP contribution in [0.4, 0.5) is 0 Å². The van der Waals surface area contributed by atoms with E-state index in [-0.39, 0.29) is 0 Å². The summed E-state index contributed by atoms with van der Waals surface area (Å²) in [5.41, 5.74) is 7.94. The van der Waals surface area contributed by atoms with E-state index in [9.17, 15) is 0 Å². The van der Waals surface area contributed by atoms with E-state index in [2.05, 4.69) is 23.9 Å². The summed E-state index contributed by atoms with van der Waals surface area (Å²) in [7, 11) is 1.50. The third kappa shape index (κ3) is 2.91. The van der Waals surface area contributed by atoms with Gasteiger partial charge in [0.05, 0.1) is 6.61 Å². The number of fused-ring (bicyclic) bond motifs is 1. The van der Waals surface area contributed by atoms with Crippen LogP contribution >= 0.6 is 11.6 Å². The maximum Gasteiger partial charge on any atom is 0.130 e. The summed E-state index contributed by atoms with van der Waals surface area (Å²) in [4.78, 5) is 0. The molecule has 3 heteroatoms. The first kappa shape index (κ1) is 13.9. The fourth-order valence-electron chi connectivity index (χ4n) is 2.28. The molecule has 1 aliphatic rings. The van der Waals surface area contributed by atoms with Crippen molar-refractivity contribution in [3.05, 3.63) is 53.1 Å². The van der Waals surface area contributed by atoms with Crippen molar-refractivity contribution in [3.63, 3.8) is 0 Å². The molecule has 0 fully saturated rings. The molecule has 0 aliphatic carbocycles. The van der Waals surface area contributed by atoms with Gasteiger partial charge in [-0.1, -0.05) is 48.0 Å². The Morgan fingerprint density at radius 3 is 2.53 bits per heavy atom. The van der Waals surface area contributed by atoms with Gasteiger partial charge in [0.25, 0.3) is 0 Å². The van der Waals surface area contributed by atoms with Gasteiger partial charge in [-0.15, -0.1) is 0 Å². The van der Waals surface area contributed by atoms with E-state index in [1.807, 2.05) is 24.3 Å². The molecule has 2 N–H and O–H groups in total. The van der Waals surface area contributed by atoms with Crippen LogP contribution in [0.15, 0.2) is 42.5 Å². The molecule has 1 heterocycles. The highest BCUT2D eigenvalue weighted by atomic mass is 35.5. The van der Waals surface area contributed by atoms with Gasteiger partial charge in [-0.3, -0.25) is 0 Å². The van der Waals surface area contributed by atoms with Crippen molar-refractivity contribution in [2.45, 2.75) is 12.8 Å². The third-order valence-electron chi connectivity index (χ3n) is 3.10. The Morgan fingerprint density at radius 2 is 1.74 bits per heavy atom. The molecule has 0 unspecified atom stereocenters. The molecule has 3 rings (SSSR count). The lowest BCUT2D eigenvalue weighted by Crippen LogP contribution is -2.09. The number of benzene rings is 2. The number of rotatable bonds is 1. The molecule has 0 amide bonds. The zero-order valence-corrected chi connectivity index (χ0v) is 11.8. The fourth-order valence-corrected chi connectivity index (χ4v) is 2.52. The summed E-state index contributed by atoms with van der Waals surface area (Å²) in [5, 5.41) is 0.773. The second kappa shape index (κ2) is 6.60. The quantitative estimate of drug-likeness (QED) is 0.856. The number of ether oxygens (including phenoxy) is 1. The Labute approximate surface area is 119 Å². The summed E-state index contributed by atoms with van der Waals surface area (Å²) in [5.74, 6) is 1.01. The van der Waals surface area contributed by atoms with Gasteiger partial charge < -0.3 is 10.5 Å². The van der Waals surface area contributed by atoms with Gasteiger partial charge in [0, 0.05) is 16.1 Å². The Kier molecular flexibility index (Phi) is 4.83. The van der Waals surface area contributed by atoms with Gasteiger partial charge in [-0.25, -0.2) is 0 Å². The molecule has 0 bridgehead atoms. The summed E-state index contributed by atoms with van der Waals surface area (Å²) in [6.45, 7) is 0.800. The van der Waals surface area contributed by atoms with Crippen LogP contribution in [0.2, 0.25) is 5.02 Å². The van der Waals surface area contributed by atoms with E-state index in [4.69, 9.17) is 16.3 Å². The average Bonchev–Trinajstić information content (AvgIpc) is 2.49. The van der Waals surface area contributed by atoms with Crippen LogP contribution < -0.4 is 10.5 Å². The summed E-state index contributed by atoms with van der Waals surface area (Å²) < 4.78 is 5.81. The van der Waals surface area contributed by atoms with Crippen molar-refractivity contribution in [2.24, 2.45) is 5.73 Å². The summed E-state index contributed by atoms with van der Waals surface area (Å²) in [6.07, 6.45) is 2.19. The van der Waals surface area contributed by atoms with Gasteiger partial charge in [-0.2, -0.15) is 0 Å². The smallest absolute Gasteiger partial charge is 0.130 e. The molecule has 0 spiro atoms. The summed E-state index contributed by atoms with van der Waals surface area (Å²) in [6, 6.07) is 14.2. The molecule has 0 saturated carbocycles. The molecule has 2 aromatic rings. The van der Waals surface area contributed by atoms with Crippen LogP contribution in [0.25, 0.3) is 11.1 Å². The first-order valence-electron chi connectivity index (χ1n) is 6.43. The lowest BCUT2D eigenvalue weighted by Gasteiger charge is -2.20. The van der Waals surface area contributed by atoms with Crippen LogP contribution in [-0.2, 0) is 6.42 Å². The molecule has 100 valence electrons. The van der Waals surface area contributed by atoms with Crippen molar-refractivity contribution in [1.82, 2.24) is 0 Å². The van der Waals surface area contributed by atoms with E-state index in [0.29, 0.717) is 0 Å². The highest BCUT2D eigenvalue weighted by molar-refractivity contribution is 6.33. The number of halogens is 1. The van der Waals surface area contributed by atoms with Crippen LogP contribution in [0, 0.1) is 0 Å². The lowest BCUT2D eigenvalue weighted by atomic mass is 9.98. The van der Waals surface area contributed by atoms with Crippen molar-refractivity contribution in [1.29, 1.82) is 0 Å². The second-order valence-electron chi connectivity index (χ2n) is 4.23. The number of para-hydroxylation sites is 1. The summed E-state index contributed by atoms with van der Waals surface area (Å²) >= 11 is 6.25. The Morgan fingerprint density at radius 1 is 1.00 bits per heavy atom. The van der Waals surface area contributed by atoms with Crippen molar-refractivity contribution in [2.75, 3.05) is 13.7 Å². The first-order chi connectivity index (χ1) is 9.36.